The fourth-order valence-electron chi connectivity index (χ4n) is 12.1. The smallest absolute Gasteiger partial charge is 0.462 e. The van der Waals surface area contributed by atoms with Crippen LogP contribution in [0.1, 0.15) is 402 Å². The lowest BCUT2D eigenvalue weighted by atomic mass is 10.0. The first-order chi connectivity index (χ1) is 47.1. The third-order valence-corrected chi connectivity index (χ3v) is 20.2. The Kier molecular flexibility index (Phi) is 66.8. The van der Waals surface area contributed by atoms with Crippen LogP contribution in [0.5, 0.6) is 0 Å². The quantitative estimate of drug-likeness (QED) is 0.0222. The van der Waals surface area contributed by atoms with Gasteiger partial charge in [-0.3, -0.25) is 37.3 Å². The second kappa shape index (κ2) is 68.2. The Morgan fingerprint density at radius 1 is 0.255 bits per heavy atom. The molecule has 0 aromatic carbocycles. The van der Waals surface area contributed by atoms with Crippen molar-refractivity contribution in [2.75, 3.05) is 39.6 Å². The summed E-state index contributed by atoms with van der Waals surface area (Å²) in [6.45, 7) is 14.1. The third kappa shape index (κ3) is 72.4. The number of rotatable bonds is 76. The van der Waals surface area contributed by atoms with Gasteiger partial charge in [0.15, 0.2) is 12.2 Å². The van der Waals surface area contributed by atoms with Crippen molar-refractivity contribution in [2.45, 2.75) is 420 Å². The van der Waals surface area contributed by atoms with Crippen molar-refractivity contribution in [1.29, 1.82) is 0 Å². The summed E-state index contributed by atoms with van der Waals surface area (Å²) in [5, 5.41) is 10.6. The fraction of sp³-hybridized carbons (Fsp3) is 0.949. The van der Waals surface area contributed by atoms with Gasteiger partial charge in [-0.05, 0) is 49.4 Å². The highest BCUT2D eigenvalue weighted by atomic mass is 31.2. The number of ether oxygens (including phenoxy) is 4. The van der Waals surface area contributed by atoms with Gasteiger partial charge in [0, 0.05) is 25.7 Å². The molecule has 3 N–H and O–H groups in total. The average molecular weight is 1440 g/mol. The first-order valence-corrected chi connectivity index (χ1v) is 43.7. The number of phosphoric ester groups is 2. The topological polar surface area (TPSA) is 237 Å². The van der Waals surface area contributed by atoms with E-state index in [1.165, 1.54) is 199 Å². The van der Waals surface area contributed by atoms with Crippen LogP contribution in [0, 0.1) is 23.7 Å². The summed E-state index contributed by atoms with van der Waals surface area (Å²) in [6, 6.07) is 0. The highest BCUT2D eigenvalue weighted by molar-refractivity contribution is 7.47. The van der Waals surface area contributed by atoms with Crippen LogP contribution < -0.4 is 0 Å². The normalized spacial score (nSPS) is 14.1. The minimum atomic E-state index is -4.96. The Bertz CT molecular complexity index is 1920. The zero-order valence-corrected chi connectivity index (χ0v) is 66.2. The predicted molar refractivity (Wildman–Crippen MR) is 400 cm³/mol. The summed E-state index contributed by atoms with van der Waals surface area (Å²) in [6.07, 6.45) is 54.6. The van der Waals surface area contributed by atoms with E-state index in [0.717, 1.165) is 108 Å². The summed E-state index contributed by atoms with van der Waals surface area (Å²) in [7, 11) is -9.91. The zero-order chi connectivity index (χ0) is 72.4. The lowest BCUT2D eigenvalue weighted by Gasteiger charge is -2.21. The molecule has 5 atom stereocenters. The number of aliphatic hydroxyl groups is 1. The molecule has 3 unspecified atom stereocenters. The summed E-state index contributed by atoms with van der Waals surface area (Å²) in [5.74, 6) is 0.878. The van der Waals surface area contributed by atoms with Gasteiger partial charge in [0.2, 0.25) is 0 Å². The second-order valence-corrected chi connectivity index (χ2v) is 33.3. The molecule has 0 aromatic rings. The Hall–Kier alpha value is -1.94. The van der Waals surface area contributed by atoms with Crippen molar-refractivity contribution in [3.05, 3.63) is 0 Å². The number of phosphoric acid groups is 2. The van der Waals surface area contributed by atoms with Crippen LogP contribution in [0.4, 0.5) is 0 Å². The summed E-state index contributed by atoms with van der Waals surface area (Å²) in [5.41, 5.74) is 0. The molecular weight excluding hydrogens is 1280 g/mol. The van der Waals surface area contributed by atoms with Crippen molar-refractivity contribution in [2.24, 2.45) is 23.7 Å². The highest BCUT2D eigenvalue weighted by Crippen LogP contribution is 2.45. The van der Waals surface area contributed by atoms with Gasteiger partial charge in [-0.1, -0.05) is 351 Å². The number of carbonyl (C=O) groups is 4. The fourth-order valence-corrected chi connectivity index (χ4v) is 13.7. The van der Waals surface area contributed by atoms with Crippen molar-refractivity contribution in [3.8, 4) is 0 Å². The van der Waals surface area contributed by atoms with Gasteiger partial charge in [-0.15, -0.1) is 0 Å². The van der Waals surface area contributed by atoms with Gasteiger partial charge >= 0.3 is 39.5 Å². The number of esters is 4. The maximum atomic E-state index is 13.1. The molecule has 0 saturated carbocycles. The van der Waals surface area contributed by atoms with Crippen LogP contribution in [0.2, 0.25) is 0 Å². The van der Waals surface area contributed by atoms with Crippen LogP contribution in [0.25, 0.3) is 0 Å². The van der Waals surface area contributed by atoms with Crippen molar-refractivity contribution < 1.29 is 80.2 Å². The van der Waals surface area contributed by atoms with Crippen LogP contribution in [-0.4, -0.2) is 96.7 Å². The Morgan fingerprint density at radius 2 is 0.429 bits per heavy atom. The van der Waals surface area contributed by atoms with Crippen LogP contribution in [0.15, 0.2) is 0 Å². The monoisotopic (exact) mass is 1440 g/mol. The molecule has 0 rings (SSSR count). The molecule has 0 amide bonds. The third-order valence-electron chi connectivity index (χ3n) is 18.3. The molecule has 0 aliphatic rings. The summed E-state index contributed by atoms with van der Waals surface area (Å²) >= 11 is 0. The van der Waals surface area contributed by atoms with Gasteiger partial charge in [-0.25, -0.2) is 9.13 Å². The highest BCUT2D eigenvalue weighted by Gasteiger charge is 2.30. The van der Waals surface area contributed by atoms with Crippen LogP contribution in [0.3, 0.4) is 0 Å². The lowest BCUT2D eigenvalue weighted by molar-refractivity contribution is -0.161. The van der Waals surface area contributed by atoms with Gasteiger partial charge in [0.25, 0.3) is 0 Å². The van der Waals surface area contributed by atoms with E-state index < -0.39 is 97.5 Å². The van der Waals surface area contributed by atoms with E-state index in [0.29, 0.717) is 37.5 Å². The number of unbranched alkanes of at least 4 members (excludes halogenated alkanes) is 42. The molecule has 0 fully saturated rings. The van der Waals surface area contributed by atoms with E-state index >= 15 is 0 Å². The molecule has 0 aromatic heterocycles. The average Bonchev–Trinajstić information content (AvgIpc) is 1.01. The molecular formula is C79H154O17P2. The molecule has 98 heavy (non-hydrogen) atoms. The number of carbonyl (C=O) groups excluding carboxylic acids is 4. The number of hydrogen-bond donors (Lipinski definition) is 3. The first-order valence-electron chi connectivity index (χ1n) is 40.7. The summed E-state index contributed by atoms with van der Waals surface area (Å²) < 4.78 is 68.5. The first kappa shape index (κ1) is 96.1. The Labute approximate surface area is 600 Å². The van der Waals surface area contributed by atoms with E-state index in [1.807, 2.05) is 0 Å². The van der Waals surface area contributed by atoms with E-state index in [2.05, 4.69) is 55.4 Å². The molecule has 0 saturated heterocycles. The maximum absolute atomic E-state index is 13.1. The van der Waals surface area contributed by atoms with Gasteiger partial charge in [-0.2, -0.15) is 0 Å². The van der Waals surface area contributed by atoms with Gasteiger partial charge in [0.05, 0.1) is 26.4 Å². The van der Waals surface area contributed by atoms with E-state index in [9.17, 15) is 43.2 Å². The van der Waals surface area contributed by atoms with E-state index in [1.54, 1.807) is 0 Å². The number of aliphatic hydroxyl groups excluding tert-OH is 1. The Morgan fingerprint density at radius 3 is 0.633 bits per heavy atom. The molecule has 0 aliphatic heterocycles. The Balaban J connectivity index is 5.18. The molecule has 0 heterocycles. The molecule has 17 nitrogen and oxygen atoms in total. The second-order valence-electron chi connectivity index (χ2n) is 30.4. The van der Waals surface area contributed by atoms with Gasteiger partial charge < -0.3 is 33.8 Å². The predicted octanol–water partition coefficient (Wildman–Crippen LogP) is 23.2. The van der Waals surface area contributed by atoms with E-state index in [4.69, 9.17) is 37.0 Å². The van der Waals surface area contributed by atoms with Crippen molar-refractivity contribution in [3.63, 3.8) is 0 Å². The van der Waals surface area contributed by atoms with E-state index in [-0.39, 0.29) is 25.7 Å². The molecule has 0 bridgehead atoms. The van der Waals surface area contributed by atoms with Gasteiger partial charge in [0.1, 0.15) is 19.3 Å². The molecule has 0 aliphatic carbocycles. The maximum Gasteiger partial charge on any atom is 0.472 e. The zero-order valence-electron chi connectivity index (χ0n) is 64.4. The molecule has 0 radical (unpaired) electrons. The SMILES string of the molecule is CC(C)CCCCCCCCCCCCCCCCCCCCC(=O)O[C@H](COC(=O)CCCCCCCCCCCCCCCCCC(C)C)COP(=O)(O)OCC(O)COP(=O)(O)OC[C@@H](COC(=O)CCCCCCCCCC(C)C)OC(=O)CCCCCCCCC(C)C. The molecule has 582 valence electrons. The minimum Gasteiger partial charge on any atom is -0.462 e. The van der Waals surface area contributed by atoms with Crippen molar-refractivity contribution >= 4 is 39.5 Å². The molecule has 0 spiro atoms. The van der Waals surface area contributed by atoms with Crippen LogP contribution in [-0.2, 0) is 65.4 Å². The standard InChI is InChI=1S/C79H154O17P2/c1-69(2)55-47-39-31-26-22-18-14-11-9-10-12-16-21-25-29-35-45-53-61-78(83)95-74(65-89-76(81)59-51-43-34-28-24-20-17-13-15-19-23-27-32-40-48-56-70(3)4)67-93-97(85,86)91-63-73(80)64-92-98(87,88)94-68-75(96-79(84)62-54-46-38-37-42-50-58-72(7)8)66-90-77(82)60-52-44-36-30-33-41-49-57-71(5)6/h69-75,80H,9-68H2,1-8H3,(H,85,86)(H,87,88)/t73?,74-,75-/m1/s1. The lowest BCUT2D eigenvalue weighted by Crippen LogP contribution is -2.30. The molecule has 19 heteroatoms. The number of hydrogen-bond acceptors (Lipinski definition) is 15. The van der Waals surface area contributed by atoms with Crippen molar-refractivity contribution in [1.82, 2.24) is 0 Å². The van der Waals surface area contributed by atoms with Crippen LogP contribution >= 0.6 is 15.6 Å². The summed E-state index contributed by atoms with van der Waals surface area (Å²) in [4.78, 5) is 72.8. The minimum absolute atomic E-state index is 0.101. The largest absolute Gasteiger partial charge is 0.472 e.